The molecule has 0 aromatic heterocycles. The molecule has 2 fully saturated rings. The molecule has 4 aliphatic carbocycles. The molecular weight excluding hydrogens is 392 g/mol. The molecule has 158 valence electrons. The van der Waals surface area contributed by atoms with Crippen molar-refractivity contribution in [2.75, 3.05) is 0 Å². The van der Waals surface area contributed by atoms with E-state index in [4.69, 9.17) is 0 Å². The molecule has 7 rings (SSSR count). The van der Waals surface area contributed by atoms with Crippen LogP contribution >= 0.6 is 0 Å². The average Bonchev–Trinajstić information content (AvgIpc) is 3.39. The number of rotatable bonds is 2. The van der Waals surface area contributed by atoms with E-state index in [2.05, 4.69) is 81.4 Å². The first-order chi connectivity index (χ1) is 15.4. The minimum Gasteiger partial charge on any atom is -0.384 e. The predicted octanol–water partition coefficient (Wildman–Crippen LogP) is 5.30. The lowest BCUT2D eigenvalue weighted by Gasteiger charge is -2.52. The van der Waals surface area contributed by atoms with E-state index in [0.717, 1.165) is 27.8 Å². The van der Waals surface area contributed by atoms with E-state index in [9.17, 15) is 9.90 Å². The number of carbonyl (C=O) groups is 1. The highest BCUT2D eigenvalue weighted by Crippen LogP contribution is 2.89. The van der Waals surface area contributed by atoms with Gasteiger partial charge in [0.05, 0.1) is 5.92 Å². The number of ketones is 1. The van der Waals surface area contributed by atoms with Crippen LogP contribution in [0.15, 0.2) is 90.5 Å². The summed E-state index contributed by atoms with van der Waals surface area (Å²) in [7, 11) is 0. The van der Waals surface area contributed by atoms with Crippen LogP contribution in [0.1, 0.15) is 43.0 Å². The van der Waals surface area contributed by atoms with E-state index in [0.29, 0.717) is 0 Å². The zero-order chi connectivity index (χ0) is 22.1. The van der Waals surface area contributed by atoms with Gasteiger partial charge in [0.1, 0.15) is 11.4 Å². The van der Waals surface area contributed by atoms with Gasteiger partial charge in [-0.3, -0.25) is 4.79 Å². The van der Waals surface area contributed by atoms with Crippen molar-refractivity contribution in [3.63, 3.8) is 0 Å². The number of hydrogen-bond acceptors (Lipinski definition) is 2. The highest BCUT2D eigenvalue weighted by molar-refractivity contribution is 6.08. The number of fused-ring (bicyclic) bond motifs is 3. The van der Waals surface area contributed by atoms with Gasteiger partial charge in [-0.15, -0.1) is 0 Å². The Balaban J connectivity index is 1.66. The third kappa shape index (κ3) is 1.51. The Labute approximate surface area is 188 Å². The summed E-state index contributed by atoms with van der Waals surface area (Å²) in [4.78, 5) is 14.4. The largest absolute Gasteiger partial charge is 0.384 e. The molecule has 3 aromatic carbocycles. The van der Waals surface area contributed by atoms with Gasteiger partial charge in [-0.05, 0) is 34.8 Å². The fourth-order valence-electron chi connectivity index (χ4n) is 8.70. The van der Waals surface area contributed by atoms with Gasteiger partial charge in [0.25, 0.3) is 0 Å². The molecule has 6 atom stereocenters. The smallest absolute Gasteiger partial charge is 0.148 e. The minimum atomic E-state index is -1.12. The fourth-order valence-corrected chi connectivity index (χ4v) is 8.70. The van der Waals surface area contributed by atoms with E-state index >= 15 is 0 Å². The zero-order valence-corrected chi connectivity index (χ0v) is 18.6. The molecule has 0 aliphatic heterocycles. The van der Waals surface area contributed by atoms with Crippen molar-refractivity contribution in [1.29, 1.82) is 0 Å². The van der Waals surface area contributed by atoms with E-state index < -0.39 is 21.8 Å². The highest BCUT2D eigenvalue weighted by atomic mass is 16.3. The van der Waals surface area contributed by atoms with Crippen molar-refractivity contribution in [1.82, 2.24) is 0 Å². The van der Waals surface area contributed by atoms with Crippen molar-refractivity contribution >= 4 is 11.4 Å². The maximum atomic E-state index is 14.4. The summed E-state index contributed by atoms with van der Waals surface area (Å²) in [6.07, 6.45) is 0. The number of benzene rings is 3. The Hall–Kier alpha value is -2.97. The molecule has 0 spiro atoms. The number of allylic oxidation sites excluding steroid dienone is 1. The highest BCUT2D eigenvalue weighted by Gasteiger charge is 2.94. The molecule has 4 bridgehead atoms. The Morgan fingerprint density at radius 3 is 1.97 bits per heavy atom. The maximum Gasteiger partial charge on any atom is 0.148 e. The Kier molecular flexibility index (Phi) is 3.09. The van der Waals surface area contributed by atoms with Crippen LogP contribution in [-0.4, -0.2) is 16.5 Å². The number of hydrogen-bond donors (Lipinski definition) is 1. The molecule has 1 N–H and O–H groups in total. The van der Waals surface area contributed by atoms with Crippen LogP contribution in [0.4, 0.5) is 0 Å². The molecule has 2 nitrogen and oxygen atoms in total. The lowest BCUT2D eigenvalue weighted by atomic mass is 9.53. The number of aliphatic hydroxyl groups is 1. The first-order valence-corrected chi connectivity index (χ1v) is 11.6. The Morgan fingerprint density at radius 1 is 0.750 bits per heavy atom. The molecule has 0 saturated heterocycles. The van der Waals surface area contributed by atoms with Gasteiger partial charge in [0.2, 0.25) is 0 Å². The monoisotopic (exact) mass is 418 g/mol. The second-order valence-electron chi connectivity index (χ2n) is 10.5. The van der Waals surface area contributed by atoms with Crippen LogP contribution in [0.3, 0.4) is 0 Å². The molecule has 0 radical (unpaired) electrons. The topological polar surface area (TPSA) is 37.3 Å². The fraction of sp³-hybridized carbons (Fsp3) is 0.300. The van der Waals surface area contributed by atoms with Crippen molar-refractivity contribution < 1.29 is 9.90 Å². The van der Waals surface area contributed by atoms with Gasteiger partial charge in [-0.1, -0.05) is 104 Å². The van der Waals surface area contributed by atoms with Crippen LogP contribution in [-0.2, 0) is 15.6 Å². The summed E-state index contributed by atoms with van der Waals surface area (Å²) in [5.74, 6) is -0.224. The summed E-state index contributed by atoms with van der Waals surface area (Å²) < 4.78 is 0. The standard InChI is InChI=1S/C30H26O2/c1-18-23(19-12-6-4-7-13-19)30(32)26-28(3)25(31)24(18)27(30,2)21-16-10-11-17-22(21)29(26,28)20-14-8-5-9-15-20/h4-17,24,26,32H,1-3H3/t24-,26+,27+,28-,29+,30-/m0/s1. The van der Waals surface area contributed by atoms with Gasteiger partial charge in [-0.2, -0.15) is 0 Å². The van der Waals surface area contributed by atoms with Gasteiger partial charge >= 0.3 is 0 Å². The molecule has 0 amide bonds. The SMILES string of the molecule is CC1=C(c2ccccc2)[C@]2(O)[C@H]3[C@@]4(c5ccccc5)c5ccccc5[C@]2(C)[C@@H]1C(=O)[C@@]34C. The van der Waals surface area contributed by atoms with Gasteiger partial charge in [-0.25, -0.2) is 0 Å². The molecule has 2 saturated carbocycles. The third-order valence-corrected chi connectivity index (χ3v) is 9.72. The maximum absolute atomic E-state index is 14.4. The Morgan fingerprint density at radius 2 is 1.31 bits per heavy atom. The lowest BCUT2D eigenvalue weighted by molar-refractivity contribution is -0.139. The molecule has 0 unspecified atom stereocenters. The number of carbonyl (C=O) groups excluding carboxylic acids is 1. The van der Waals surface area contributed by atoms with E-state index in [1.54, 1.807) is 0 Å². The molecule has 32 heavy (non-hydrogen) atoms. The molecule has 4 aliphatic rings. The minimum absolute atomic E-state index is 0.193. The molecule has 3 aromatic rings. The summed E-state index contributed by atoms with van der Waals surface area (Å²) in [5.41, 5.74) is 3.61. The molecular formula is C30H26O2. The first-order valence-electron chi connectivity index (χ1n) is 11.6. The third-order valence-electron chi connectivity index (χ3n) is 9.72. The summed E-state index contributed by atoms with van der Waals surface area (Å²) in [6.45, 7) is 6.34. The quantitative estimate of drug-likeness (QED) is 0.613. The molecule has 2 heteroatoms. The van der Waals surface area contributed by atoms with E-state index in [-0.39, 0.29) is 17.6 Å². The van der Waals surface area contributed by atoms with Crippen LogP contribution < -0.4 is 0 Å². The zero-order valence-electron chi connectivity index (χ0n) is 18.6. The first kappa shape index (κ1) is 18.6. The summed E-state index contributed by atoms with van der Waals surface area (Å²) in [6, 6.07) is 29.2. The second kappa shape index (κ2) is 5.32. The van der Waals surface area contributed by atoms with Crippen LogP contribution in [0.25, 0.3) is 5.57 Å². The summed E-state index contributed by atoms with van der Waals surface area (Å²) in [5, 5.41) is 13.0. The normalized spacial score (nSPS) is 40.3. The summed E-state index contributed by atoms with van der Waals surface area (Å²) >= 11 is 0. The second-order valence-corrected chi connectivity index (χ2v) is 10.5. The lowest BCUT2D eigenvalue weighted by Crippen LogP contribution is -2.60. The van der Waals surface area contributed by atoms with Crippen LogP contribution in [0.2, 0.25) is 0 Å². The van der Waals surface area contributed by atoms with Crippen molar-refractivity contribution in [3.8, 4) is 0 Å². The Bertz CT molecular complexity index is 1360. The van der Waals surface area contributed by atoms with Crippen LogP contribution in [0, 0.1) is 17.3 Å². The van der Waals surface area contributed by atoms with Gasteiger partial charge in [0.15, 0.2) is 0 Å². The van der Waals surface area contributed by atoms with E-state index in [1.807, 2.05) is 24.3 Å². The van der Waals surface area contributed by atoms with Crippen molar-refractivity contribution in [2.45, 2.75) is 37.2 Å². The van der Waals surface area contributed by atoms with Crippen LogP contribution in [0.5, 0.6) is 0 Å². The average molecular weight is 419 g/mol. The predicted molar refractivity (Wildman–Crippen MR) is 125 cm³/mol. The van der Waals surface area contributed by atoms with Gasteiger partial charge < -0.3 is 5.11 Å². The van der Waals surface area contributed by atoms with Crippen molar-refractivity contribution in [2.24, 2.45) is 17.3 Å². The number of Topliss-reactive ketones (excluding diaryl/α,β-unsaturated/α-hetero) is 1. The van der Waals surface area contributed by atoms with Gasteiger partial charge in [0, 0.05) is 22.2 Å². The molecule has 0 heterocycles. The van der Waals surface area contributed by atoms with Crippen molar-refractivity contribution in [3.05, 3.63) is 113 Å². The van der Waals surface area contributed by atoms with E-state index in [1.165, 1.54) is 5.56 Å².